The zero-order chi connectivity index (χ0) is 16.2. The van der Waals surface area contributed by atoms with Crippen molar-refractivity contribution in [2.24, 2.45) is 29.1 Å². The maximum Gasteiger partial charge on any atom is 0.164 e. The smallest absolute Gasteiger partial charge is 0.164 e. The zero-order valence-electron chi connectivity index (χ0n) is 14.4. The molecule has 0 saturated heterocycles. The molecule has 5 atom stereocenters. The van der Waals surface area contributed by atoms with E-state index in [9.17, 15) is 4.79 Å². The third-order valence-corrected chi connectivity index (χ3v) is 7.43. The van der Waals surface area contributed by atoms with Crippen LogP contribution in [0.5, 0.6) is 0 Å². The number of fused-ring (bicyclic) bond motifs is 5. The molecule has 0 amide bonds. The minimum Gasteiger partial charge on any atom is -0.501 e. The van der Waals surface area contributed by atoms with Crippen LogP contribution >= 0.6 is 0 Å². The van der Waals surface area contributed by atoms with Crippen LogP contribution in [0, 0.1) is 29.1 Å². The first-order valence-corrected chi connectivity index (χ1v) is 9.28. The largest absolute Gasteiger partial charge is 0.501 e. The van der Waals surface area contributed by atoms with Gasteiger partial charge in [-0.3, -0.25) is 4.79 Å². The molecule has 0 radical (unpaired) electrons. The maximum absolute atomic E-state index is 12.8. The van der Waals surface area contributed by atoms with Gasteiger partial charge in [-0.25, -0.2) is 0 Å². The predicted octanol–water partition coefficient (Wildman–Crippen LogP) is 4.82. The van der Waals surface area contributed by atoms with Gasteiger partial charge >= 0.3 is 0 Å². The van der Waals surface area contributed by atoms with Gasteiger partial charge in [0.1, 0.15) is 0 Å². The highest BCUT2D eigenvalue weighted by Crippen LogP contribution is 2.62. The minimum atomic E-state index is -0.0776. The van der Waals surface area contributed by atoms with E-state index in [-0.39, 0.29) is 5.41 Å². The van der Waals surface area contributed by atoms with Crippen LogP contribution in [0.1, 0.15) is 51.9 Å². The summed E-state index contributed by atoms with van der Waals surface area (Å²) in [6.07, 6.45) is 12.4. The number of hydrogen-bond acceptors (Lipinski definition) is 2. The monoisotopic (exact) mass is 312 g/mol. The van der Waals surface area contributed by atoms with Gasteiger partial charge in [-0.15, -0.1) is 0 Å². The molecule has 2 nitrogen and oxygen atoms in total. The van der Waals surface area contributed by atoms with Crippen LogP contribution in [0.25, 0.3) is 0 Å². The van der Waals surface area contributed by atoms with Crippen molar-refractivity contribution in [1.82, 2.24) is 0 Å². The number of allylic oxidation sites excluding steroid dienone is 5. The van der Waals surface area contributed by atoms with Crippen LogP contribution in [-0.2, 0) is 9.53 Å². The molecular weight excluding hydrogens is 284 g/mol. The Labute approximate surface area is 139 Å². The van der Waals surface area contributed by atoms with E-state index >= 15 is 0 Å². The van der Waals surface area contributed by atoms with Crippen molar-refractivity contribution >= 4 is 5.78 Å². The molecule has 4 aliphatic carbocycles. The lowest BCUT2D eigenvalue weighted by atomic mass is 9.52. The average Bonchev–Trinajstić information content (AvgIpc) is 2.85. The molecule has 0 bridgehead atoms. The predicted molar refractivity (Wildman–Crippen MR) is 91.7 cm³/mol. The molecule has 2 heteroatoms. The molecule has 2 saturated carbocycles. The van der Waals surface area contributed by atoms with Crippen molar-refractivity contribution in [2.75, 3.05) is 7.11 Å². The SMILES string of the molecule is C=C1CC2[C@@H]3CC=C4C=C(OC)CCC4C3CC[C@]2(CC)C1=O. The lowest BCUT2D eigenvalue weighted by Gasteiger charge is -2.51. The second kappa shape index (κ2) is 5.36. The Morgan fingerprint density at radius 2 is 2.17 bits per heavy atom. The molecule has 0 heterocycles. The Balaban J connectivity index is 1.68. The summed E-state index contributed by atoms with van der Waals surface area (Å²) in [5, 5.41) is 0. The van der Waals surface area contributed by atoms with Gasteiger partial charge in [-0.05, 0) is 79.4 Å². The topological polar surface area (TPSA) is 26.3 Å². The van der Waals surface area contributed by atoms with E-state index in [2.05, 4.69) is 25.7 Å². The lowest BCUT2D eigenvalue weighted by molar-refractivity contribution is -0.130. The van der Waals surface area contributed by atoms with Crippen LogP contribution in [-0.4, -0.2) is 12.9 Å². The molecule has 124 valence electrons. The molecule has 0 N–H and O–H groups in total. The van der Waals surface area contributed by atoms with Gasteiger partial charge in [0, 0.05) is 11.8 Å². The van der Waals surface area contributed by atoms with Crippen LogP contribution in [0.15, 0.2) is 35.6 Å². The summed E-state index contributed by atoms with van der Waals surface area (Å²) >= 11 is 0. The van der Waals surface area contributed by atoms with Crippen LogP contribution in [0.4, 0.5) is 0 Å². The van der Waals surface area contributed by atoms with Crippen molar-refractivity contribution in [3.8, 4) is 0 Å². The molecule has 2 fully saturated rings. The number of ether oxygens (including phenoxy) is 1. The number of carbonyl (C=O) groups excluding carboxylic acids is 1. The molecule has 0 aromatic carbocycles. The van der Waals surface area contributed by atoms with Crippen molar-refractivity contribution < 1.29 is 9.53 Å². The molecule has 23 heavy (non-hydrogen) atoms. The number of Topliss-reactive ketones (excluding diaryl/α,β-unsaturated/α-hetero) is 1. The molecule has 0 aromatic heterocycles. The fourth-order valence-corrected chi connectivity index (χ4v) is 6.24. The number of hydrogen-bond donors (Lipinski definition) is 0. The van der Waals surface area contributed by atoms with E-state index in [1.54, 1.807) is 7.11 Å². The van der Waals surface area contributed by atoms with Gasteiger partial charge in [0.25, 0.3) is 0 Å². The number of ketones is 1. The van der Waals surface area contributed by atoms with Gasteiger partial charge in [-0.1, -0.05) is 19.6 Å². The van der Waals surface area contributed by atoms with Crippen molar-refractivity contribution in [1.29, 1.82) is 0 Å². The molecule has 4 aliphatic rings. The van der Waals surface area contributed by atoms with Gasteiger partial charge in [-0.2, -0.15) is 0 Å². The minimum absolute atomic E-state index is 0.0776. The maximum atomic E-state index is 12.8. The molecule has 0 aliphatic heterocycles. The molecule has 3 unspecified atom stereocenters. The Bertz CT molecular complexity index is 611. The lowest BCUT2D eigenvalue weighted by Crippen LogP contribution is -2.46. The fraction of sp³-hybridized carbons (Fsp3) is 0.667. The van der Waals surface area contributed by atoms with Gasteiger partial charge < -0.3 is 4.74 Å². The highest BCUT2D eigenvalue weighted by atomic mass is 16.5. The fourth-order valence-electron chi connectivity index (χ4n) is 6.24. The summed E-state index contributed by atoms with van der Waals surface area (Å²) in [6, 6.07) is 0. The van der Waals surface area contributed by atoms with E-state index in [0.717, 1.165) is 49.4 Å². The van der Waals surface area contributed by atoms with Gasteiger partial charge in [0.2, 0.25) is 0 Å². The average molecular weight is 312 g/mol. The summed E-state index contributed by atoms with van der Waals surface area (Å²) in [5.41, 5.74) is 2.32. The van der Waals surface area contributed by atoms with E-state index in [1.165, 1.54) is 18.4 Å². The highest BCUT2D eigenvalue weighted by Gasteiger charge is 2.58. The van der Waals surface area contributed by atoms with E-state index in [0.29, 0.717) is 23.5 Å². The molecular formula is C21H28O2. The second-order valence-corrected chi connectivity index (χ2v) is 8.02. The zero-order valence-corrected chi connectivity index (χ0v) is 14.4. The quantitative estimate of drug-likeness (QED) is 0.683. The van der Waals surface area contributed by atoms with E-state index in [4.69, 9.17) is 4.74 Å². The Hall–Kier alpha value is -1.31. The second-order valence-electron chi connectivity index (χ2n) is 8.02. The third-order valence-electron chi connectivity index (χ3n) is 7.43. The van der Waals surface area contributed by atoms with Crippen LogP contribution < -0.4 is 0 Å². The number of rotatable bonds is 2. The normalized spacial score (nSPS) is 42.3. The highest BCUT2D eigenvalue weighted by molar-refractivity contribution is 6.02. The first kappa shape index (κ1) is 15.2. The van der Waals surface area contributed by atoms with Gasteiger partial charge in [0.05, 0.1) is 12.9 Å². The molecule has 0 spiro atoms. The Morgan fingerprint density at radius 3 is 2.91 bits per heavy atom. The third kappa shape index (κ3) is 2.03. The number of methoxy groups -OCH3 is 1. The number of carbonyl (C=O) groups is 1. The van der Waals surface area contributed by atoms with Crippen molar-refractivity contribution in [2.45, 2.75) is 51.9 Å². The van der Waals surface area contributed by atoms with Crippen molar-refractivity contribution in [3.63, 3.8) is 0 Å². The summed E-state index contributed by atoms with van der Waals surface area (Å²) in [5.74, 6) is 4.19. The Kier molecular flexibility index (Phi) is 3.55. The van der Waals surface area contributed by atoms with E-state index in [1.807, 2.05) is 0 Å². The summed E-state index contributed by atoms with van der Waals surface area (Å²) in [7, 11) is 1.78. The standard InChI is InChI=1S/C21H28O2/c1-4-21-10-9-17-16-8-6-15(23-3)12-14(16)5-7-18(17)19(21)11-13(2)20(21)22/h5,12,16-19H,2,4,6-11H2,1,3H3/t16?,17?,18-,19?,21+/m1/s1. The first-order chi connectivity index (χ1) is 11.1. The summed E-state index contributed by atoms with van der Waals surface area (Å²) in [6.45, 7) is 6.31. The summed E-state index contributed by atoms with van der Waals surface area (Å²) in [4.78, 5) is 12.8. The van der Waals surface area contributed by atoms with Gasteiger partial charge in [0.15, 0.2) is 5.78 Å². The molecule has 4 rings (SSSR count). The Morgan fingerprint density at radius 1 is 1.35 bits per heavy atom. The first-order valence-electron chi connectivity index (χ1n) is 9.28. The molecule has 0 aromatic rings. The van der Waals surface area contributed by atoms with E-state index < -0.39 is 0 Å². The summed E-state index contributed by atoms with van der Waals surface area (Å²) < 4.78 is 5.47. The van der Waals surface area contributed by atoms with Crippen molar-refractivity contribution in [3.05, 3.63) is 35.6 Å². The van der Waals surface area contributed by atoms with Crippen LogP contribution in [0.2, 0.25) is 0 Å². The van der Waals surface area contributed by atoms with Crippen LogP contribution in [0.3, 0.4) is 0 Å².